The third-order valence-corrected chi connectivity index (χ3v) is 2.67. The molecule has 2 rings (SSSR count). The zero-order chi connectivity index (χ0) is 14.5. The van der Waals surface area contributed by atoms with E-state index < -0.39 is 5.97 Å². The Bertz CT molecular complexity index is 621. The maximum atomic E-state index is 11.7. The van der Waals surface area contributed by atoms with E-state index >= 15 is 0 Å². The first-order valence-corrected chi connectivity index (χ1v) is 6.35. The minimum absolute atomic E-state index is 0.0204. The van der Waals surface area contributed by atoms with Crippen molar-refractivity contribution in [1.82, 2.24) is 0 Å². The molecule has 0 radical (unpaired) electrons. The van der Waals surface area contributed by atoms with E-state index in [9.17, 15) is 4.79 Å². The number of hydrogen-bond acceptors (Lipinski definition) is 4. The van der Waals surface area contributed by atoms with Gasteiger partial charge in [0.15, 0.2) is 0 Å². The van der Waals surface area contributed by atoms with Crippen molar-refractivity contribution in [3.8, 4) is 11.8 Å². The number of benzene rings is 1. The molecule has 0 atom stereocenters. The SMILES string of the molecule is CC(C)OC(=O)/C(C#N)=C/C1=Cc2ccccc2OC1. The zero-order valence-electron chi connectivity index (χ0n) is 11.4. The summed E-state index contributed by atoms with van der Waals surface area (Å²) in [5.41, 5.74) is 1.67. The standard InChI is InChI=1S/C16H15NO3/c1-11(2)20-16(18)14(9-17)8-12-7-13-5-3-4-6-15(13)19-10-12/h3-8,11H,10H2,1-2H3/b14-8+. The average molecular weight is 269 g/mol. The van der Waals surface area contributed by atoms with Crippen molar-refractivity contribution in [1.29, 1.82) is 5.26 Å². The number of nitrogens with zero attached hydrogens (tertiary/aromatic N) is 1. The molecule has 0 spiro atoms. The molecule has 1 aromatic carbocycles. The Labute approximate surface area is 117 Å². The highest BCUT2D eigenvalue weighted by molar-refractivity contribution is 5.93. The lowest BCUT2D eigenvalue weighted by atomic mass is 10.1. The molecular formula is C16H15NO3. The monoisotopic (exact) mass is 269 g/mol. The van der Waals surface area contributed by atoms with Gasteiger partial charge in [0.25, 0.3) is 0 Å². The first-order valence-electron chi connectivity index (χ1n) is 6.35. The van der Waals surface area contributed by atoms with E-state index in [0.29, 0.717) is 6.61 Å². The summed E-state index contributed by atoms with van der Waals surface area (Å²) in [4.78, 5) is 11.7. The molecule has 0 unspecified atom stereocenters. The Balaban J connectivity index is 2.24. The summed E-state index contributed by atoms with van der Waals surface area (Å²) >= 11 is 0. The first-order chi connectivity index (χ1) is 9.60. The molecule has 102 valence electrons. The second-order valence-electron chi connectivity index (χ2n) is 4.67. The molecule has 1 aromatic rings. The van der Waals surface area contributed by atoms with Gasteiger partial charge in [0.05, 0.1) is 6.10 Å². The normalized spacial score (nSPS) is 13.9. The molecule has 20 heavy (non-hydrogen) atoms. The Kier molecular flexibility index (Phi) is 4.21. The minimum Gasteiger partial charge on any atom is -0.488 e. The minimum atomic E-state index is -0.609. The van der Waals surface area contributed by atoms with E-state index in [1.54, 1.807) is 13.8 Å². The molecule has 0 aliphatic carbocycles. The number of para-hydroxylation sites is 1. The number of esters is 1. The third-order valence-electron chi connectivity index (χ3n) is 2.67. The van der Waals surface area contributed by atoms with E-state index in [1.165, 1.54) is 6.08 Å². The molecule has 0 saturated carbocycles. The molecule has 4 heteroatoms. The highest BCUT2D eigenvalue weighted by atomic mass is 16.5. The van der Waals surface area contributed by atoms with E-state index in [4.69, 9.17) is 14.7 Å². The van der Waals surface area contributed by atoms with Gasteiger partial charge in [-0.15, -0.1) is 0 Å². The molecule has 1 aliphatic rings. The highest BCUT2D eigenvalue weighted by Crippen LogP contribution is 2.26. The summed E-state index contributed by atoms with van der Waals surface area (Å²) in [5.74, 6) is 0.190. The van der Waals surface area contributed by atoms with E-state index in [0.717, 1.165) is 16.9 Å². The van der Waals surface area contributed by atoms with Crippen molar-refractivity contribution < 1.29 is 14.3 Å². The lowest BCUT2D eigenvalue weighted by Gasteiger charge is -2.16. The fourth-order valence-electron chi connectivity index (χ4n) is 1.82. The van der Waals surface area contributed by atoms with Crippen molar-refractivity contribution in [2.45, 2.75) is 20.0 Å². The van der Waals surface area contributed by atoms with Gasteiger partial charge in [-0.3, -0.25) is 0 Å². The zero-order valence-corrected chi connectivity index (χ0v) is 11.4. The highest BCUT2D eigenvalue weighted by Gasteiger charge is 2.15. The average Bonchev–Trinajstić information content (AvgIpc) is 2.43. The summed E-state index contributed by atoms with van der Waals surface area (Å²) < 4.78 is 10.6. The van der Waals surface area contributed by atoms with Crippen LogP contribution in [0.15, 0.2) is 41.5 Å². The molecular weight excluding hydrogens is 254 g/mol. The van der Waals surface area contributed by atoms with Crippen LogP contribution in [0.25, 0.3) is 6.08 Å². The Hall–Kier alpha value is -2.54. The molecule has 1 heterocycles. The molecule has 0 N–H and O–H groups in total. The molecule has 0 amide bonds. The van der Waals surface area contributed by atoms with Gasteiger partial charge in [0, 0.05) is 5.56 Å². The fraction of sp³-hybridized carbons (Fsp3) is 0.250. The van der Waals surface area contributed by atoms with Crippen LogP contribution in [0, 0.1) is 11.3 Å². The maximum Gasteiger partial charge on any atom is 0.349 e. The molecule has 0 aromatic heterocycles. The Morgan fingerprint density at radius 2 is 2.20 bits per heavy atom. The van der Waals surface area contributed by atoms with Crippen molar-refractivity contribution in [2.24, 2.45) is 0 Å². The van der Waals surface area contributed by atoms with Crippen LogP contribution in [-0.4, -0.2) is 18.7 Å². The van der Waals surface area contributed by atoms with Gasteiger partial charge in [-0.1, -0.05) is 18.2 Å². The van der Waals surface area contributed by atoms with Gasteiger partial charge in [-0.2, -0.15) is 5.26 Å². The maximum absolute atomic E-state index is 11.7. The first kappa shape index (κ1) is 13.9. The van der Waals surface area contributed by atoms with Crippen LogP contribution in [0.5, 0.6) is 5.75 Å². The van der Waals surface area contributed by atoms with Crippen LogP contribution in [0.2, 0.25) is 0 Å². The van der Waals surface area contributed by atoms with Crippen molar-refractivity contribution in [3.05, 3.63) is 47.1 Å². The van der Waals surface area contributed by atoms with Gasteiger partial charge >= 0.3 is 5.97 Å². The van der Waals surface area contributed by atoms with Gasteiger partial charge in [0.2, 0.25) is 0 Å². The molecule has 1 aliphatic heterocycles. The lowest BCUT2D eigenvalue weighted by molar-refractivity contribution is -0.142. The van der Waals surface area contributed by atoms with Crippen LogP contribution in [0.3, 0.4) is 0 Å². The van der Waals surface area contributed by atoms with Gasteiger partial charge in [0.1, 0.15) is 24.0 Å². The second kappa shape index (κ2) is 6.07. The third kappa shape index (κ3) is 3.27. The second-order valence-corrected chi connectivity index (χ2v) is 4.67. The van der Waals surface area contributed by atoms with E-state index in [2.05, 4.69) is 0 Å². The summed E-state index contributed by atoms with van der Waals surface area (Å²) in [7, 11) is 0. The lowest BCUT2D eigenvalue weighted by Crippen LogP contribution is -2.14. The summed E-state index contributed by atoms with van der Waals surface area (Å²) in [6, 6.07) is 9.47. The van der Waals surface area contributed by atoms with Crippen LogP contribution in [0.1, 0.15) is 19.4 Å². The summed E-state index contributed by atoms with van der Waals surface area (Å²) in [6.07, 6.45) is 3.16. The molecule has 0 saturated heterocycles. The predicted octanol–water partition coefficient (Wildman–Crippen LogP) is 2.86. The largest absolute Gasteiger partial charge is 0.488 e. The van der Waals surface area contributed by atoms with Crippen molar-refractivity contribution in [3.63, 3.8) is 0 Å². The number of hydrogen-bond donors (Lipinski definition) is 0. The van der Waals surface area contributed by atoms with Crippen LogP contribution < -0.4 is 4.74 Å². The van der Waals surface area contributed by atoms with Crippen LogP contribution >= 0.6 is 0 Å². The number of carbonyl (C=O) groups excluding carboxylic acids is 1. The van der Waals surface area contributed by atoms with E-state index in [1.807, 2.05) is 36.4 Å². The van der Waals surface area contributed by atoms with E-state index in [-0.39, 0.29) is 11.7 Å². The Morgan fingerprint density at radius 3 is 2.90 bits per heavy atom. The Morgan fingerprint density at radius 1 is 1.45 bits per heavy atom. The number of nitriles is 1. The topological polar surface area (TPSA) is 59.3 Å². The van der Waals surface area contributed by atoms with Gasteiger partial charge in [-0.25, -0.2) is 4.79 Å². The number of ether oxygens (including phenoxy) is 2. The predicted molar refractivity (Wildman–Crippen MR) is 74.8 cm³/mol. The van der Waals surface area contributed by atoms with Crippen molar-refractivity contribution >= 4 is 12.0 Å². The number of fused-ring (bicyclic) bond motifs is 1. The summed E-state index contributed by atoms with van der Waals surface area (Å²) in [5, 5.41) is 9.05. The molecule has 0 fully saturated rings. The smallest absolute Gasteiger partial charge is 0.349 e. The summed E-state index contributed by atoms with van der Waals surface area (Å²) in [6.45, 7) is 3.81. The number of rotatable bonds is 3. The fourth-order valence-corrected chi connectivity index (χ4v) is 1.82. The molecule has 4 nitrogen and oxygen atoms in total. The number of carbonyl (C=O) groups is 1. The molecule has 0 bridgehead atoms. The van der Waals surface area contributed by atoms with Crippen LogP contribution in [0.4, 0.5) is 0 Å². The quantitative estimate of drug-likeness (QED) is 0.481. The van der Waals surface area contributed by atoms with Gasteiger partial charge < -0.3 is 9.47 Å². The van der Waals surface area contributed by atoms with Crippen LogP contribution in [-0.2, 0) is 9.53 Å². The van der Waals surface area contributed by atoms with Crippen molar-refractivity contribution in [2.75, 3.05) is 6.61 Å². The van der Waals surface area contributed by atoms with Gasteiger partial charge in [-0.05, 0) is 37.6 Å².